The van der Waals surface area contributed by atoms with Crippen LogP contribution in [0.3, 0.4) is 0 Å². The van der Waals surface area contributed by atoms with E-state index in [1.54, 1.807) is 29.5 Å². The number of hydrogen-bond donors (Lipinski definition) is 2. The standard InChI is InChI=1S/C16H19NO3S/c1-3-20-15-7-5-13(8-12(15)10-18)17-16(19)9-14-6-4-11(2)21-14/h4-8,18H,3,9-10H2,1-2H3,(H,17,19). The third kappa shape index (κ3) is 4.31. The van der Waals surface area contributed by atoms with Gasteiger partial charge >= 0.3 is 0 Å². The van der Waals surface area contributed by atoms with Crippen molar-refractivity contribution in [2.24, 2.45) is 0 Å². The van der Waals surface area contributed by atoms with Gasteiger partial charge in [0.1, 0.15) is 5.75 Å². The van der Waals surface area contributed by atoms with Crippen molar-refractivity contribution in [1.82, 2.24) is 0 Å². The first-order valence-electron chi connectivity index (χ1n) is 6.84. The summed E-state index contributed by atoms with van der Waals surface area (Å²) in [6, 6.07) is 9.26. The summed E-state index contributed by atoms with van der Waals surface area (Å²) in [6.07, 6.45) is 0.361. The van der Waals surface area contributed by atoms with E-state index in [4.69, 9.17) is 4.74 Å². The molecule has 1 aromatic heterocycles. The predicted molar refractivity (Wildman–Crippen MR) is 84.9 cm³/mol. The Morgan fingerprint density at radius 3 is 2.76 bits per heavy atom. The van der Waals surface area contributed by atoms with Gasteiger partial charge in [-0.3, -0.25) is 4.79 Å². The SMILES string of the molecule is CCOc1ccc(NC(=O)Cc2ccc(C)s2)cc1CO. The Balaban J connectivity index is 2.03. The van der Waals surface area contributed by atoms with Gasteiger partial charge in [0, 0.05) is 21.0 Å². The molecule has 4 nitrogen and oxygen atoms in total. The fraction of sp³-hybridized carbons (Fsp3) is 0.312. The Bertz CT molecular complexity index is 622. The van der Waals surface area contributed by atoms with Crippen LogP contribution in [0.15, 0.2) is 30.3 Å². The number of nitrogens with one attached hydrogen (secondary N) is 1. The zero-order valence-corrected chi connectivity index (χ0v) is 13.0. The van der Waals surface area contributed by atoms with Crippen LogP contribution < -0.4 is 10.1 Å². The molecule has 0 aliphatic rings. The lowest BCUT2D eigenvalue weighted by Crippen LogP contribution is -2.14. The molecule has 2 rings (SSSR count). The zero-order chi connectivity index (χ0) is 15.2. The molecule has 0 spiro atoms. The molecule has 5 heteroatoms. The normalized spacial score (nSPS) is 10.4. The van der Waals surface area contributed by atoms with Crippen molar-refractivity contribution < 1.29 is 14.6 Å². The first kappa shape index (κ1) is 15.5. The molecule has 2 aromatic rings. The highest BCUT2D eigenvalue weighted by molar-refractivity contribution is 7.12. The third-order valence-electron chi connectivity index (χ3n) is 2.95. The quantitative estimate of drug-likeness (QED) is 0.862. The van der Waals surface area contributed by atoms with Gasteiger partial charge in [0.25, 0.3) is 0 Å². The summed E-state index contributed by atoms with van der Waals surface area (Å²) in [5, 5.41) is 12.2. The molecule has 0 saturated heterocycles. The van der Waals surface area contributed by atoms with Gasteiger partial charge in [0.05, 0.1) is 19.6 Å². The molecule has 1 heterocycles. The summed E-state index contributed by atoms with van der Waals surface area (Å²) in [6.45, 7) is 4.32. The number of benzene rings is 1. The van der Waals surface area contributed by atoms with Gasteiger partial charge in [-0.05, 0) is 44.2 Å². The lowest BCUT2D eigenvalue weighted by molar-refractivity contribution is -0.115. The van der Waals surface area contributed by atoms with Crippen molar-refractivity contribution in [1.29, 1.82) is 0 Å². The number of aryl methyl sites for hydroxylation is 1. The lowest BCUT2D eigenvalue weighted by atomic mass is 10.2. The molecule has 112 valence electrons. The minimum Gasteiger partial charge on any atom is -0.494 e. The van der Waals surface area contributed by atoms with Crippen molar-refractivity contribution in [2.75, 3.05) is 11.9 Å². The number of ether oxygens (including phenoxy) is 1. The van der Waals surface area contributed by atoms with Gasteiger partial charge in [0.15, 0.2) is 0 Å². The molecule has 21 heavy (non-hydrogen) atoms. The van der Waals surface area contributed by atoms with Crippen LogP contribution in [-0.2, 0) is 17.8 Å². The van der Waals surface area contributed by atoms with Crippen molar-refractivity contribution in [3.63, 3.8) is 0 Å². The Labute approximate surface area is 128 Å². The Morgan fingerprint density at radius 2 is 2.14 bits per heavy atom. The molecular formula is C16H19NO3S. The van der Waals surface area contributed by atoms with Crippen molar-refractivity contribution in [3.8, 4) is 5.75 Å². The molecule has 2 N–H and O–H groups in total. The molecule has 0 radical (unpaired) electrons. The van der Waals surface area contributed by atoms with Crippen LogP contribution in [-0.4, -0.2) is 17.6 Å². The molecule has 1 amide bonds. The largest absolute Gasteiger partial charge is 0.494 e. The van der Waals surface area contributed by atoms with Crippen LogP contribution >= 0.6 is 11.3 Å². The summed E-state index contributed by atoms with van der Waals surface area (Å²) >= 11 is 1.62. The molecule has 0 unspecified atom stereocenters. The number of thiophene rings is 1. The zero-order valence-electron chi connectivity index (χ0n) is 12.2. The van der Waals surface area contributed by atoms with E-state index in [9.17, 15) is 9.90 Å². The topological polar surface area (TPSA) is 58.6 Å². The highest BCUT2D eigenvalue weighted by Gasteiger charge is 2.08. The van der Waals surface area contributed by atoms with E-state index in [-0.39, 0.29) is 12.5 Å². The molecular weight excluding hydrogens is 286 g/mol. The van der Waals surface area contributed by atoms with Crippen LogP contribution in [0.1, 0.15) is 22.2 Å². The van der Waals surface area contributed by atoms with Crippen LogP contribution in [0, 0.1) is 6.92 Å². The summed E-state index contributed by atoms with van der Waals surface area (Å²) < 4.78 is 5.42. The van der Waals surface area contributed by atoms with E-state index in [1.807, 2.05) is 26.0 Å². The molecule has 0 saturated carbocycles. The number of aliphatic hydroxyl groups excluding tert-OH is 1. The van der Waals surface area contributed by atoms with Gasteiger partial charge in [0.2, 0.25) is 5.91 Å². The number of carbonyl (C=O) groups is 1. The third-order valence-corrected chi connectivity index (χ3v) is 3.95. The average molecular weight is 305 g/mol. The first-order chi connectivity index (χ1) is 10.1. The van der Waals surface area contributed by atoms with Gasteiger partial charge in [-0.15, -0.1) is 11.3 Å². The summed E-state index contributed by atoms with van der Waals surface area (Å²) in [5.74, 6) is 0.580. The van der Waals surface area contributed by atoms with Gasteiger partial charge in [-0.25, -0.2) is 0 Å². The maximum atomic E-state index is 12.0. The van der Waals surface area contributed by atoms with Crippen LogP contribution in [0.4, 0.5) is 5.69 Å². The number of anilines is 1. The lowest BCUT2D eigenvalue weighted by Gasteiger charge is -2.11. The maximum absolute atomic E-state index is 12.0. The van der Waals surface area contributed by atoms with E-state index in [0.717, 1.165) is 4.88 Å². The highest BCUT2D eigenvalue weighted by atomic mass is 32.1. The molecule has 0 aliphatic heterocycles. The fourth-order valence-electron chi connectivity index (χ4n) is 2.02. The minimum atomic E-state index is -0.122. The van der Waals surface area contributed by atoms with E-state index < -0.39 is 0 Å². The molecule has 0 fully saturated rings. The number of rotatable bonds is 6. The second-order valence-electron chi connectivity index (χ2n) is 4.65. The number of carbonyl (C=O) groups excluding carboxylic acids is 1. The fourth-order valence-corrected chi connectivity index (χ4v) is 2.91. The highest BCUT2D eigenvalue weighted by Crippen LogP contribution is 2.23. The Kier molecular flexibility index (Phi) is 5.36. The van der Waals surface area contributed by atoms with Crippen LogP contribution in [0.2, 0.25) is 0 Å². The second kappa shape index (κ2) is 7.24. The summed E-state index contributed by atoms with van der Waals surface area (Å²) in [5.41, 5.74) is 1.34. The molecule has 0 bridgehead atoms. The smallest absolute Gasteiger partial charge is 0.229 e. The number of aliphatic hydroxyl groups is 1. The van der Waals surface area contributed by atoms with Gasteiger partial charge < -0.3 is 15.2 Å². The second-order valence-corrected chi connectivity index (χ2v) is 6.02. The van der Waals surface area contributed by atoms with Crippen LogP contribution in [0.5, 0.6) is 5.75 Å². The van der Waals surface area contributed by atoms with Crippen LogP contribution in [0.25, 0.3) is 0 Å². The monoisotopic (exact) mass is 305 g/mol. The van der Waals surface area contributed by atoms with Gasteiger partial charge in [-0.1, -0.05) is 0 Å². The van der Waals surface area contributed by atoms with E-state index in [2.05, 4.69) is 5.32 Å². The molecule has 0 atom stereocenters. The summed E-state index contributed by atoms with van der Waals surface area (Å²) in [7, 11) is 0. The van der Waals surface area contributed by atoms with E-state index >= 15 is 0 Å². The first-order valence-corrected chi connectivity index (χ1v) is 7.65. The van der Waals surface area contributed by atoms with Crippen molar-refractivity contribution >= 4 is 22.9 Å². The van der Waals surface area contributed by atoms with Crippen molar-refractivity contribution in [2.45, 2.75) is 26.9 Å². The number of amides is 1. The predicted octanol–water partition coefficient (Wildman–Crippen LogP) is 3.13. The van der Waals surface area contributed by atoms with Gasteiger partial charge in [-0.2, -0.15) is 0 Å². The van der Waals surface area contributed by atoms with E-state index in [0.29, 0.717) is 30.0 Å². The Hall–Kier alpha value is -1.85. The molecule has 1 aromatic carbocycles. The maximum Gasteiger partial charge on any atom is 0.229 e. The van der Waals surface area contributed by atoms with E-state index in [1.165, 1.54) is 4.88 Å². The average Bonchev–Trinajstić information content (AvgIpc) is 2.85. The molecule has 0 aliphatic carbocycles. The Morgan fingerprint density at radius 1 is 1.33 bits per heavy atom. The summed E-state index contributed by atoms with van der Waals surface area (Å²) in [4.78, 5) is 14.2. The minimum absolute atomic E-state index is 0.0649. The van der Waals surface area contributed by atoms with Crippen molar-refractivity contribution in [3.05, 3.63) is 45.6 Å². The number of hydrogen-bond acceptors (Lipinski definition) is 4.